The van der Waals surface area contributed by atoms with E-state index in [0.717, 1.165) is 0 Å². The van der Waals surface area contributed by atoms with Crippen molar-refractivity contribution < 1.29 is 9.59 Å². The largest absolute Gasteiger partial charge is 0.399 e. The van der Waals surface area contributed by atoms with Crippen LogP contribution in [0.15, 0.2) is 29.3 Å². The van der Waals surface area contributed by atoms with Gasteiger partial charge >= 0.3 is 0 Å². The van der Waals surface area contributed by atoms with Crippen LogP contribution in [0.4, 0.5) is 5.69 Å². The second-order valence-corrected chi connectivity index (χ2v) is 4.70. The number of nitrogens with two attached hydrogens (primary N) is 1. The van der Waals surface area contributed by atoms with Gasteiger partial charge in [-0.1, -0.05) is 0 Å². The molecule has 0 aliphatic carbocycles. The fraction of sp³-hybridized carbons (Fsp3) is 0.231. The molecule has 1 aromatic carbocycles. The van der Waals surface area contributed by atoms with Gasteiger partial charge in [0.15, 0.2) is 0 Å². The van der Waals surface area contributed by atoms with Crippen LogP contribution in [0.3, 0.4) is 0 Å². The lowest BCUT2D eigenvalue weighted by molar-refractivity contribution is -0.135. The number of hydrogen-bond donors (Lipinski definition) is 2. The molecular formula is C13H12N4O3. The minimum Gasteiger partial charge on any atom is -0.399 e. The zero-order chi connectivity index (χ0) is 14.3. The number of imide groups is 1. The molecule has 1 atom stereocenters. The van der Waals surface area contributed by atoms with Gasteiger partial charge in [0.25, 0.3) is 5.56 Å². The van der Waals surface area contributed by atoms with E-state index in [1.54, 1.807) is 18.2 Å². The molecule has 1 fully saturated rings. The predicted molar refractivity (Wildman–Crippen MR) is 71.8 cm³/mol. The summed E-state index contributed by atoms with van der Waals surface area (Å²) >= 11 is 0. The highest BCUT2D eigenvalue weighted by atomic mass is 16.2. The molecule has 7 nitrogen and oxygen atoms in total. The van der Waals surface area contributed by atoms with Crippen molar-refractivity contribution in [1.82, 2.24) is 14.9 Å². The van der Waals surface area contributed by atoms with Crippen LogP contribution < -0.4 is 16.6 Å². The smallest absolute Gasteiger partial charge is 0.261 e. The van der Waals surface area contributed by atoms with Crippen LogP contribution in [0.25, 0.3) is 10.9 Å². The number of nitrogens with one attached hydrogen (secondary N) is 1. The Morgan fingerprint density at radius 2 is 2.10 bits per heavy atom. The highest BCUT2D eigenvalue weighted by molar-refractivity contribution is 5.99. The number of hydrogen-bond acceptors (Lipinski definition) is 5. The first-order valence-corrected chi connectivity index (χ1v) is 6.16. The number of fused-ring (bicyclic) bond motifs is 1. The predicted octanol–water partition coefficient (Wildman–Crippen LogP) is -0.0436. The lowest BCUT2D eigenvalue weighted by Crippen LogP contribution is -2.44. The maximum Gasteiger partial charge on any atom is 0.261 e. The topological polar surface area (TPSA) is 107 Å². The number of aromatic nitrogens is 2. The Hall–Kier alpha value is -2.70. The van der Waals surface area contributed by atoms with Gasteiger partial charge in [-0.2, -0.15) is 0 Å². The van der Waals surface area contributed by atoms with E-state index in [1.165, 1.54) is 10.9 Å². The fourth-order valence-electron chi connectivity index (χ4n) is 2.32. The van der Waals surface area contributed by atoms with Crippen molar-refractivity contribution in [1.29, 1.82) is 0 Å². The van der Waals surface area contributed by atoms with Gasteiger partial charge in [-0.25, -0.2) is 4.98 Å². The summed E-state index contributed by atoms with van der Waals surface area (Å²) in [5, 5.41) is 2.62. The van der Waals surface area contributed by atoms with E-state index >= 15 is 0 Å². The van der Waals surface area contributed by atoms with Crippen LogP contribution in [-0.2, 0) is 9.59 Å². The summed E-state index contributed by atoms with van der Waals surface area (Å²) in [5.41, 5.74) is 6.33. The SMILES string of the molecule is Nc1ccc2c(=O)n(C3CCC(=O)NC3=O)cnc2c1. The third-order valence-corrected chi connectivity index (χ3v) is 3.35. The third-order valence-electron chi connectivity index (χ3n) is 3.35. The Morgan fingerprint density at radius 3 is 2.85 bits per heavy atom. The number of nitrogens with zero attached hydrogens (tertiary/aromatic N) is 2. The van der Waals surface area contributed by atoms with Crippen LogP contribution >= 0.6 is 0 Å². The molecule has 0 saturated carbocycles. The molecule has 2 amide bonds. The standard InChI is InChI=1S/C13H12N4O3/c14-7-1-2-8-9(5-7)15-6-17(13(8)20)10-3-4-11(18)16-12(10)19/h1-2,5-6,10H,3-4,14H2,(H,16,18,19). The average molecular weight is 272 g/mol. The Labute approximate surface area is 113 Å². The van der Waals surface area contributed by atoms with Crippen LogP contribution in [0.5, 0.6) is 0 Å². The molecule has 1 aliphatic heterocycles. The van der Waals surface area contributed by atoms with Crippen LogP contribution in [-0.4, -0.2) is 21.4 Å². The van der Waals surface area contributed by atoms with Gasteiger partial charge in [-0.15, -0.1) is 0 Å². The normalized spacial score (nSPS) is 19.1. The molecule has 1 aromatic heterocycles. The summed E-state index contributed by atoms with van der Waals surface area (Å²) < 4.78 is 1.26. The number of anilines is 1. The second kappa shape index (κ2) is 4.44. The first-order chi connectivity index (χ1) is 9.56. The van der Waals surface area contributed by atoms with E-state index in [-0.39, 0.29) is 17.9 Å². The van der Waals surface area contributed by atoms with Gasteiger partial charge < -0.3 is 5.73 Å². The molecule has 7 heteroatoms. The Balaban J connectivity index is 2.11. The van der Waals surface area contributed by atoms with Gasteiger partial charge in [0.05, 0.1) is 17.2 Å². The van der Waals surface area contributed by atoms with E-state index in [0.29, 0.717) is 23.0 Å². The zero-order valence-corrected chi connectivity index (χ0v) is 10.5. The molecular weight excluding hydrogens is 260 g/mol. The number of piperidine rings is 1. The second-order valence-electron chi connectivity index (χ2n) is 4.70. The molecule has 2 aromatic rings. The van der Waals surface area contributed by atoms with Gasteiger partial charge in [-0.05, 0) is 24.6 Å². The number of rotatable bonds is 1. The molecule has 0 spiro atoms. The molecule has 3 N–H and O–H groups in total. The summed E-state index contributed by atoms with van der Waals surface area (Å²) in [7, 11) is 0. The number of carbonyl (C=O) groups is 2. The summed E-state index contributed by atoms with van der Waals surface area (Å²) in [5.74, 6) is -0.791. The first-order valence-electron chi connectivity index (χ1n) is 6.16. The van der Waals surface area contributed by atoms with Crippen LogP contribution in [0.2, 0.25) is 0 Å². The lowest BCUT2D eigenvalue weighted by atomic mass is 10.1. The maximum absolute atomic E-state index is 12.4. The van der Waals surface area contributed by atoms with Crippen molar-refractivity contribution in [2.24, 2.45) is 0 Å². The number of nitrogen functional groups attached to an aromatic ring is 1. The van der Waals surface area contributed by atoms with Gasteiger partial charge in [0.1, 0.15) is 6.04 Å². The molecule has 1 aliphatic rings. The molecule has 2 heterocycles. The van der Waals surface area contributed by atoms with Gasteiger partial charge in [0.2, 0.25) is 11.8 Å². The maximum atomic E-state index is 12.4. The Kier molecular flexibility index (Phi) is 2.74. The summed E-state index contributed by atoms with van der Waals surface area (Å²) in [4.78, 5) is 39.5. The molecule has 102 valence electrons. The van der Waals surface area contributed by atoms with E-state index in [2.05, 4.69) is 10.3 Å². The minimum atomic E-state index is -0.699. The summed E-state index contributed by atoms with van der Waals surface area (Å²) in [6.07, 6.45) is 1.83. The highest BCUT2D eigenvalue weighted by Crippen LogP contribution is 2.18. The Morgan fingerprint density at radius 1 is 1.30 bits per heavy atom. The van der Waals surface area contributed by atoms with Crippen molar-refractivity contribution >= 4 is 28.4 Å². The van der Waals surface area contributed by atoms with E-state index in [4.69, 9.17) is 5.73 Å². The van der Waals surface area contributed by atoms with Crippen molar-refractivity contribution in [2.75, 3.05) is 5.73 Å². The van der Waals surface area contributed by atoms with Crippen LogP contribution in [0, 0.1) is 0 Å². The molecule has 0 bridgehead atoms. The van der Waals surface area contributed by atoms with Crippen molar-refractivity contribution in [2.45, 2.75) is 18.9 Å². The number of carbonyl (C=O) groups excluding carboxylic acids is 2. The van der Waals surface area contributed by atoms with Gasteiger partial charge in [0, 0.05) is 12.1 Å². The lowest BCUT2D eigenvalue weighted by Gasteiger charge is -2.22. The Bertz CT molecular complexity index is 781. The summed E-state index contributed by atoms with van der Waals surface area (Å²) in [6.45, 7) is 0. The fourth-order valence-corrected chi connectivity index (χ4v) is 2.32. The van der Waals surface area contributed by atoms with Crippen molar-refractivity contribution in [3.8, 4) is 0 Å². The average Bonchev–Trinajstić information content (AvgIpc) is 2.40. The van der Waals surface area contributed by atoms with Crippen molar-refractivity contribution in [3.05, 3.63) is 34.9 Å². The molecule has 1 unspecified atom stereocenters. The third kappa shape index (κ3) is 1.93. The van der Waals surface area contributed by atoms with Gasteiger partial charge in [-0.3, -0.25) is 24.3 Å². The number of benzene rings is 1. The quantitative estimate of drug-likeness (QED) is 0.559. The van der Waals surface area contributed by atoms with E-state index in [1.807, 2.05) is 0 Å². The zero-order valence-electron chi connectivity index (χ0n) is 10.5. The van der Waals surface area contributed by atoms with E-state index < -0.39 is 11.9 Å². The summed E-state index contributed by atoms with van der Waals surface area (Å²) in [6, 6.07) is 4.10. The molecule has 3 rings (SSSR count). The van der Waals surface area contributed by atoms with Crippen molar-refractivity contribution in [3.63, 3.8) is 0 Å². The number of amides is 2. The highest BCUT2D eigenvalue weighted by Gasteiger charge is 2.29. The monoisotopic (exact) mass is 272 g/mol. The molecule has 20 heavy (non-hydrogen) atoms. The first kappa shape index (κ1) is 12.3. The van der Waals surface area contributed by atoms with Crippen LogP contribution in [0.1, 0.15) is 18.9 Å². The molecule has 1 saturated heterocycles. The van der Waals surface area contributed by atoms with E-state index in [9.17, 15) is 14.4 Å². The molecule has 0 radical (unpaired) electrons. The minimum absolute atomic E-state index is 0.211.